The van der Waals surface area contributed by atoms with E-state index in [0.717, 1.165) is 18.8 Å². The lowest BCUT2D eigenvalue weighted by molar-refractivity contribution is 0.104. The molecule has 0 bridgehead atoms. The fourth-order valence-corrected chi connectivity index (χ4v) is 2.73. The summed E-state index contributed by atoms with van der Waals surface area (Å²) in [6, 6.07) is 10.2. The summed E-state index contributed by atoms with van der Waals surface area (Å²) in [6.07, 6.45) is 2.09. The minimum atomic E-state index is -0.466. The molecular formula is C16H26N2O2. The summed E-state index contributed by atoms with van der Waals surface area (Å²) >= 11 is 0. The Labute approximate surface area is 121 Å². The van der Waals surface area contributed by atoms with E-state index in [4.69, 9.17) is 4.74 Å². The SMILES string of the molecule is CCN1CCC[C@@H]1CNC[C@H](O)COc1ccccc1. The smallest absolute Gasteiger partial charge is 0.119 e. The van der Waals surface area contributed by atoms with Crippen LogP contribution in [0, 0.1) is 0 Å². The molecule has 2 rings (SSSR count). The van der Waals surface area contributed by atoms with Gasteiger partial charge in [-0.3, -0.25) is 4.90 Å². The second kappa shape index (κ2) is 8.25. The lowest BCUT2D eigenvalue weighted by atomic mass is 10.2. The van der Waals surface area contributed by atoms with Gasteiger partial charge in [-0.2, -0.15) is 0 Å². The molecule has 1 saturated heterocycles. The molecule has 2 atom stereocenters. The van der Waals surface area contributed by atoms with E-state index >= 15 is 0 Å². The lowest BCUT2D eigenvalue weighted by Gasteiger charge is -2.23. The van der Waals surface area contributed by atoms with Gasteiger partial charge in [0, 0.05) is 19.1 Å². The highest BCUT2D eigenvalue weighted by molar-refractivity contribution is 5.20. The maximum Gasteiger partial charge on any atom is 0.119 e. The minimum absolute atomic E-state index is 0.333. The van der Waals surface area contributed by atoms with Gasteiger partial charge >= 0.3 is 0 Å². The van der Waals surface area contributed by atoms with Crippen LogP contribution in [0.25, 0.3) is 0 Å². The molecule has 112 valence electrons. The fraction of sp³-hybridized carbons (Fsp3) is 0.625. The maximum absolute atomic E-state index is 9.91. The number of hydrogen-bond acceptors (Lipinski definition) is 4. The van der Waals surface area contributed by atoms with Gasteiger partial charge in [-0.05, 0) is 38.1 Å². The predicted octanol–water partition coefficient (Wildman–Crippen LogP) is 1.50. The molecule has 0 spiro atoms. The number of aliphatic hydroxyl groups excluding tert-OH is 1. The van der Waals surface area contributed by atoms with Crippen LogP contribution in [0.3, 0.4) is 0 Å². The number of ether oxygens (including phenoxy) is 1. The summed E-state index contributed by atoms with van der Waals surface area (Å²) < 4.78 is 5.53. The van der Waals surface area contributed by atoms with Crippen LogP contribution in [0.2, 0.25) is 0 Å². The van der Waals surface area contributed by atoms with Gasteiger partial charge in [0.05, 0.1) is 0 Å². The highest BCUT2D eigenvalue weighted by Crippen LogP contribution is 2.15. The quantitative estimate of drug-likeness (QED) is 0.756. The third kappa shape index (κ3) is 4.78. The molecule has 4 nitrogen and oxygen atoms in total. The van der Waals surface area contributed by atoms with Crippen LogP contribution in [0.5, 0.6) is 5.75 Å². The van der Waals surface area contributed by atoms with Crippen molar-refractivity contribution < 1.29 is 9.84 Å². The van der Waals surface area contributed by atoms with Crippen molar-refractivity contribution in [3.05, 3.63) is 30.3 Å². The van der Waals surface area contributed by atoms with E-state index in [0.29, 0.717) is 19.2 Å². The molecule has 0 aliphatic carbocycles. The van der Waals surface area contributed by atoms with Crippen molar-refractivity contribution in [3.8, 4) is 5.75 Å². The molecule has 0 saturated carbocycles. The molecule has 0 amide bonds. The molecule has 4 heteroatoms. The van der Waals surface area contributed by atoms with Gasteiger partial charge in [0.25, 0.3) is 0 Å². The second-order valence-corrected chi connectivity index (χ2v) is 5.36. The highest BCUT2D eigenvalue weighted by Gasteiger charge is 2.22. The van der Waals surface area contributed by atoms with Crippen LogP contribution in [0.4, 0.5) is 0 Å². The summed E-state index contributed by atoms with van der Waals surface area (Å²) in [4.78, 5) is 2.50. The first-order valence-corrected chi connectivity index (χ1v) is 7.60. The Morgan fingerprint density at radius 2 is 2.20 bits per heavy atom. The average Bonchev–Trinajstić information content (AvgIpc) is 2.94. The Hall–Kier alpha value is -1.10. The van der Waals surface area contributed by atoms with Crippen LogP contribution in [0.1, 0.15) is 19.8 Å². The summed E-state index contributed by atoms with van der Waals surface area (Å²) in [6.45, 7) is 6.41. The molecule has 1 aromatic carbocycles. The first-order valence-electron chi connectivity index (χ1n) is 7.60. The zero-order valence-electron chi connectivity index (χ0n) is 12.3. The number of rotatable bonds is 8. The molecule has 1 aliphatic heterocycles. The van der Waals surface area contributed by atoms with E-state index in [1.54, 1.807) is 0 Å². The molecule has 1 aromatic rings. The number of para-hydroxylation sites is 1. The number of likely N-dealkylation sites (N-methyl/N-ethyl adjacent to an activating group) is 1. The monoisotopic (exact) mass is 278 g/mol. The summed E-state index contributed by atoms with van der Waals surface area (Å²) in [5.74, 6) is 0.805. The Morgan fingerprint density at radius 3 is 2.95 bits per heavy atom. The Kier molecular flexibility index (Phi) is 6.30. The number of aliphatic hydroxyl groups is 1. The molecule has 1 aliphatic rings. The number of nitrogens with one attached hydrogen (secondary N) is 1. The van der Waals surface area contributed by atoms with Crippen LogP contribution >= 0.6 is 0 Å². The van der Waals surface area contributed by atoms with Gasteiger partial charge in [0.15, 0.2) is 0 Å². The maximum atomic E-state index is 9.91. The van der Waals surface area contributed by atoms with Crippen molar-refractivity contribution in [1.82, 2.24) is 10.2 Å². The van der Waals surface area contributed by atoms with Crippen LogP contribution in [-0.4, -0.2) is 54.9 Å². The van der Waals surface area contributed by atoms with Gasteiger partial charge < -0.3 is 15.2 Å². The van der Waals surface area contributed by atoms with Gasteiger partial charge in [0.1, 0.15) is 18.5 Å². The summed E-state index contributed by atoms with van der Waals surface area (Å²) in [5.41, 5.74) is 0. The molecule has 2 N–H and O–H groups in total. The van der Waals surface area contributed by atoms with E-state index in [-0.39, 0.29) is 0 Å². The van der Waals surface area contributed by atoms with Crippen molar-refractivity contribution >= 4 is 0 Å². The van der Waals surface area contributed by atoms with Gasteiger partial charge in [-0.15, -0.1) is 0 Å². The zero-order valence-corrected chi connectivity index (χ0v) is 12.3. The van der Waals surface area contributed by atoms with E-state index in [9.17, 15) is 5.11 Å². The highest BCUT2D eigenvalue weighted by atomic mass is 16.5. The van der Waals surface area contributed by atoms with E-state index in [2.05, 4.69) is 17.1 Å². The van der Waals surface area contributed by atoms with Crippen molar-refractivity contribution in [2.24, 2.45) is 0 Å². The van der Waals surface area contributed by atoms with E-state index in [1.165, 1.54) is 19.4 Å². The van der Waals surface area contributed by atoms with Crippen molar-refractivity contribution in [1.29, 1.82) is 0 Å². The first-order chi connectivity index (χ1) is 9.79. The fourth-order valence-electron chi connectivity index (χ4n) is 2.73. The molecule has 1 heterocycles. The van der Waals surface area contributed by atoms with Gasteiger partial charge in [-0.1, -0.05) is 25.1 Å². The van der Waals surface area contributed by atoms with Crippen molar-refractivity contribution in [3.63, 3.8) is 0 Å². The number of likely N-dealkylation sites (tertiary alicyclic amines) is 1. The van der Waals surface area contributed by atoms with Crippen molar-refractivity contribution in [2.45, 2.75) is 31.9 Å². The molecule has 0 aromatic heterocycles. The molecule has 20 heavy (non-hydrogen) atoms. The zero-order chi connectivity index (χ0) is 14.2. The number of nitrogens with zero attached hydrogens (tertiary/aromatic N) is 1. The van der Waals surface area contributed by atoms with E-state index in [1.807, 2.05) is 30.3 Å². The standard InChI is InChI=1S/C16H26N2O2/c1-2-18-10-6-7-14(18)11-17-12-15(19)13-20-16-8-4-3-5-9-16/h3-5,8-9,14-15,17,19H,2,6-7,10-13H2,1H3/t14-,15+/m1/s1. The number of benzene rings is 1. The normalized spacial score (nSPS) is 21.0. The lowest BCUT2D eigenvalue weighted by Crippen LogP contribution is -2.41. The van der Waals surface area contributed by atoms with Gasteiger partial charge in [0.2, 0.25) is 0 Å². The Bertz CT molecular complexity index is 372. The first kappa shape index (κ1) is 15.3. The molecular weight excluding hydrogens is 252 g/mol. The van der Waals surface area contributed by atoms with E-state index < -0.39 is 6.10 Å². The topological polar surface area (TPSA) is 44.7 Å². The van der Waals surface area contributed by atoms with Gasteiger partial charge in [-0.25, -0.2) is 0 Å². The molecule has 0 radical (unpaired) electrons. The second-order valence-electron chi connectivity index (χ2n) is 5.36. The van der Waals surface area contributed by atoms with Crippen LogP contribution in [-0.2, 0) is 0 Å². The molecule has 1 fully saturated rings. The summed E-state index contributed by atoms with van der Waals surface area (Å²) in [5, 5.41) is 13.3. The van der Waals surface area contributed by atoms with Crippen molar-refractivity contribution in [2.75, 3.05) is 32.8 Å². The Morgan fingerprint density at radius 1 is 1.40 bits per heavy atom. The largest absolute Gasteiger partial charge is 0.491 e. The number of hydrogen-bond donors (Lipinski definition) is 2. The molecule has 0 unspecified atom stereocenters. The predicted molar refractivity (Wildman–Crippen MR) is 81.1 cm³/mol. The third-order valence-electron chi connectivity index (χ3n) is 3.85. The minimum Gasteiger partial charge on any atom is -0.491 e. The average molecular weight is 278 g/mol. The summed E-state index contributed by atoms with van der Waals surface area (Å²) in [7, 11) is 0. The van der Waals surface area contributed by atoms with Crippen LogP contribution in [0.15, 0.2) is 30.3 Å². The third-order valence-corrected chi connectivity index (χ3v) is 3.85. The van der Waals surface area contributed by atoms with Crippen LogP contribution < -0.4 is 10.1 Å². The Balaban J connectivity index is 1.59.